The molecule has 7 nitrogen and oxygen atoms in total. The Morgan fingerprint density at radius 3 is 2.30 bits per heavy atom. The molecule has 0 spiro atoms. The number of nitrogens with one attached hydrogen (secondary N) is 1. The third-order valence-electron chi connectivity index (χ3n) is 5.52. The Bertz CT molecular complexity index is 1190. The van der Waals surface area contributed by atoms with Crippen molar-refractivity contribution in [1.29, 1.82) is 0 Å². The Morgan fingerprint density at radius 2 is 1.63 bits per heavy atom. The molecule has 4 rings (SSSR count). The molecule has 1 heterocycles. The fraction of sp³-hybridized carbons (Fsp3) is 0.333. The molecule has 1 saturated heterocycles. The molecule has 1 N–H and O–H groups in total. The minimum absolute atomic E-state index is 0.0741. The minimum atomic E-state index is -3.66. The van der Waals surface area contributed by atoms with Gasteiger partial charge < -0.3 is 0 Å². The van der Waals surface area contributed by atoms with Gasteiger partial charge in [-0.15, -0.1) is 4.91 Å². The van der Waals surface area contributed by atoms with Crippen LogP contribution in [0.15, 0.2) is 52.5 Å². The van der Waals surface area contributed by atoms with Crippen molar-refractivity contribution in [2.45, 2.75) is 30.6 Å². The lowest BCUT2D eigenvalue weighted by Crippen LogP contribution is -2.31. The predicted molar refractivity (Wildman–Crippen MR) is 119 cm³/mol. The summed E-state index contributed by atoms with van der Waals surface area (Å²) in [5.41, 5.74) is 3.63. The third kappa shape index (κ3) is 3.68. The topological polar surface area (TPSA) is 88.1 Å². The largest absolute Gasteiger partial charge is 0.286 e. The Hall–Kier alpha value is -2.49. The Balaban J connectivity index is 1.95. The van der Waals surface area contributed by atoms with Gasteiger partial charge in [-0.1, -0.05) is 43.2 Å². The second kappa shape index (κ2) is 8.71. The van der Waals surface area contributed by atoms with Crippen molar-refractivity contribution in [2.24, 2.45) is 5.18 Å². The third-order valence-corrected chi connectivity index (χ3v) is 7.41. The molecule has 0 bridgehead atoms. The highest BCUT2D eigenvalue weighted by atomic mass is 32.2. The van der Waals surface area contributed by atoms with E-state index < -0.39 is 10.0 Å². The van der Waals surface area contributed by atoms with Crippen molar-refractivity contribution in [3.05, 3.63) is 47.4 Å². The monoisotopic (exact) mass is 423 g/mol. The van der Waals surface area contributed by atoms with Crippen LogP contribution in [0.2, 0.25) is 0 Å². The van der Waals surface area contributed by atoms with Crippen LogP contribution in [0.3, 0.4) is 0 Å². The number of sulfonamides is 1. The molecular formula is C21H22BN3O4S. The summed E-state index contributed by atoms with van der Waals surface area (Å²) >= 11 is 0. The molecule has 0 atom stereocenters. The van der Waals surface area contributed by atoms with Crippen molar-refractivity contribution in [3.63, 3.8) is 0 Å². The maximum atomic E-state index is 13.3. The zero-order chi connectivity index (χ0) is 21.1. The fourth-order valence-electron chi connectivity index (χ4n) is 4.05. The van der Waals surface area contributed by atoms with E-state index in [2.05, 4.69) is 10.7 Å². The van der Waals surface area contributed by atoms with Crippen LogP contribution in [0, 0.1) is 4.91 Å². The molecule has 1 fully saturated rings. The van der Waals surface area contributed by atoms with Gasteiger partial charge in [0.1, 0.15) is 13.5 Å². The average Bonchev–Trinajstić information content (AvgIpc) is 3.06. The number of hydrogen-bond acceptors (Lipinski definition) is 6. The summed E-state index contributed by atoms with van der Waals surface area (Å²) < 4.78 is 28.1. The average molecular weight is 423 g/mol. The molecule has 3 aromatic rings. The smallest absolute Gasteiger partial charge is 0.243 e. The summed E-state index contributed by atoms with van der Waals surface area (Å²) in [5.74, 6) is 0. The molecular weight excluding hydrogens is 401 g/mol. The van der Waals surface area contributed by atoms with E-state index in [1.165, 1.54) is 0 Å². The highest BCUT2D eigenvalue weighted by Crippen LogP contribution is 2.42. The van der Waals surface area contributed by atoms with Crippen LogP contribution in [0.1, 0.15) is 25.7 Å². The van der Waals surface area contributed by atoms with Gasteiger partial charge in [0.15, 0.2) is 0 Å². The Kier molecular flexibility index (Phi) is 6.03. The molecule has 0 unspecified atom stereocenters. The van der Waals surface area contributed by atoms with Gasteiger partial charge in [0.25, 0.3) is 0 Å². The summed E-state index contributed by atoms with van der Waals surface area (Å²) in [7, 11) is 1.82. The van der Waals surface area contributed by atoms with Crippen molar-refractivity contribution >= 4 is 50.8 Å². The molecule has 1 aliphatic heterocycles. The first-order valence-corrected chi connectivity index (χ1v) is 11.4. The lowest BCUT2D eigenvalue weighted by Gasteiger charge is -2.21. The van der Waals surface area contributed by atoms with Crippen molar-refractivity contribution in [1.82, 2.24) is 4.31 Å². The molecule has 0 aliphatic carbocycles. The highest BCUT2D eigenvalue weighted by molar-refractivity contribution is 7.89. The van der Waals surface area contributed by atoms with Gasteiger partial charge in [-0.2, -0.15) is 4.31 Å². The summed E-state index contributed by atoms with van der Waals surface area (Å²) in [6.07, 6.45) is 3.78. The zero-order valence-corrected chi connectivity index (χ0v) is 17.3. The second-order valence-corrected chi connectivity index (χ2v) is 9.24. The van der Waals surface area contributed by atoms with Crippen LogP contribution < -0.4 is 5.48 Å². The maximum Gasteiger partial charge on any atom is 0.243 e. The first kappa shape index (κ1) is 20.8. The van der Waals surface area contributed by atoms with Crippen LogP contribution in [0.4, 0.5) is 11.4 Å². The van der Waals surface area contributed by atoms with E-state index in [4.69, 9.17) is 12.7 Å². The van der Waals surface area contributed by atoms with E-state index >= 15 is 0 Å². The number of fused-ring (bicyclic) bond motifs is 2. The second-order valence-electron chi connectivity index (χ2n) is 7.30. The normalized spacial score (nSPS) is 15.9. The van der Waals surface area contributed by atoms with E-state index in [0.29, 0.717) is 40.3 Å². The molecule has 3 aromatic carbocycles. The lowest BCUT2D eigenvalue weighted by molar-refractivity contribution is 0.249. The van der Waals surface area contributed by atoms with Crippen LogP contribution in [0.5, 0.6) is 0 Å². The predicted octanol–water partition coefficient (Wildman–Crippen LogP) is 4.43. The zero-order valence-electron chi connectivity index (χ0n) is 16.5. The quantitative estimate of drug-likeness (QED) is 0.274. The summed E-state index contributed by atoms with van der Waals surface area (Å²) in [6.45, 7) is 0.955. The summed E-state index contributed by atoms with van der Waals surface area (Å²) in [6, 6.07) is 12.0. The molecule has 154 valence electrons. The van der Waals surface area contributed by atoms with Gasteiger partial charge in [0.05, 0.1) is 10.6 Å². The number of rotatable bonds is 6. The first-order valence-electron chi connectivity index (χ1n) is 9.98. The van der Waals surface area contributed by atoms with Gasteiger partial charge in [-0.25, -0.2) is 8.42 Å². The van der Waals surface area contributed by atoms with Crippen molar-refractivity contribution in [2.75, 3.05) is 25.1 Å². The van der Waals surface area contributed by atoms with E-state index in [0.717, 1.165) is 25.7 Å². The van der Waals surface area contributed by atoms with Gasteiger partial charge in [-0.3, -0.25) is 10.3 Å². The molecule has 0 saturated carbocycles. The van der Waals surface area contributed by atoms with Crippen molar-refractivity contribution in [3.8, 4) is 0 Å². The van der Waals surface area contributed by atoms with Gasteiger partial charge >= 0.3 is 0 Å². The molecule has 9 heteroatoms. The minimum Gasteiger partial charge on any atom is -0.286 e. The molecule has 0 amide bonds. The number of nitroso groups, excluding NO2 is 1. The Labute approximate surface area is 176 Å². The first-order chi connectivity index (χ1) is 14.6. The van der Waals surface area contributed by atoms with E-state index in [9.17, 15) is 13.3 Å². The molecule has 1 aliphatic rings. The van der Waals surface area contributed by atoms with Crippen molar-refractivity contribution < 1.29 is 13.3 Å². The number of benzene rings is 3. The van der Waals surface area contributed by atoms with Crippen LogP contribution in [-0.4, -0.2) is 40.2 Å². The van der Waals surface area contributed by atoms with Gasteiger partial charge in [0, 0.05) is 41.1 Å². The van der Waals surface area contributed by atoms with E-state index in [-0.39, 0.29) is 17.1 Å². The van der Waals surface area contributed by atoms with Crippen LogP contribution in [0.25, 0.3) is 21.5 Å². The Morgan fingerprint density at radius 1 is 0.967 bits per heavy atom. The number of hydrogen-bond donors (Lipinski definition) is 1. The van der Waals surface area contributed by atoms with Gasteiger partial charge in [0.2, 0.25) is 10.0 Å². The van der Waals surface area contributed by atoms with Gasteiger partial charge in [-0.05, 0) is 30.2 Å². The lowest BCUT2D eigenvalue weighted by atomic mass is 9.99. The van der Waals surface area contributed by atoms with E-state index in [1.54, 1.807) is 28.6 Å². The van der Waals surface area contributed by atoms with Crippen LogP contribution >= 0.6 is 0 Å². The van der Waals surface area contributed by atoms with Crippen LogP contribution in [-0.2, 0) is 14.9 Å². The number of anilines is 1. The summed E-state index contributed by atoms with van der Waals surface area (Å²) in [5, 5.41) is 5.65. The standard InChI is InChI=1S/C21H22BN3O4S/c22-14-29-24-21-17-8-4-3-7-16(17)20(23-26)18-10-9-15(13-19(18)21)30(27,28)25-11-5-1-2-6-12-25/h3-4,7-10,13,24H,1-2,5-6,11-12,14H2. The molecule has 0 aromatic heterocycles. The summed E-state index contributed by atoms with van der Waals surface area (Å²) in [4.78, 5) is 17.1. The number of nitrogens with zero attached hydrogens (tertiary/aromatic N) is 2. The van der Waals surface area contributed by atoms with E-state index in [1.807, 2.05) is 18.2 Å². The fourth-order valence-corrected chi connectivity index (χ4v) is 5.59. The SMILES string of the molecule is [B]CONc1c2ccccc2c(N=O)c2ccc(S(=O)(=O)N3CCCCCC3)cc12. The molecule has 30 heavy (non-hydrogen) atoms. The molecule has 2 radical (unpaired) electrons. The highest BCUT2D eigenvalue weighted by Gasteiger charge is 2.26. The maximum absolute atomic E-state index is 13.3.